The average Bonchev–Trinajstić information content (AvgIpc) is 2.13. The van der Waals surface area contributed by atoms with Gasteiger partial charge in [-0.1, -0.05) is 26.8 Å². The Morgan fingerprint density at radius 2 is 1.47 bits per heavy atom. The highest BCUT2D eigenvalue weighted by molar-refractivity contribution is 6.42. The standard InChI is InChI=1S/C14H19NO2/c1-9-6-10(2)8-11(7-9)15-13(17)12(16)14(3,4)5/h6-8H,1-5H3,(H,15,17). The zero-order chi connectivity index (χ0) is 13.2. The van der Waals surface area contributed by atoms with Crippen LogP contribution in [0.2, 0.25) is 0 Å². The highest BCUT2D eigenvalue weighted by Gasteiger charge is 2.28. The number of aryl methyl sites for hydroxylation is 2. The fourth-order valence-electron chi connectivity index (χ4n) is 1.58. The third-order valence-corrected chi connectivity index (χ3v) is 2.37. The fourth-order valence-corrected chi connectivity index (χ4v) is 1.58. The van der Waals surface area contributed by atoms with E-state index in [0.717, 1.165) is 11.1 Å². The van der Waals surface area contributed by atoms with Crippen molar-refractivity contribution in [2.75, 3.05) is 5.32 Å². The summed E-state index contributed by atoms with van der Waals surface area (Å²) in [5.41, 5.74) is 2.14. The van der Waals surface area contributed by atoms with E-state index in [1.807, 2.05) is 32.0 Å². The Morgan fingerprint density at radius 1 is 1.00 bits per heavy atom. The van der Waals surface area contributed by atoms with Crippen molar-refractivity contribution in [1.82, 2.24) is 0 Å². The van der Waals surface area contributed by atoms with Gasteiger partial charge in [-0.05, 0) is 37.1 Å². The van der Waals surface area contributed by atoms with Gasteiger partial charge in [-0.2, -0.15) is 0 Å². The van der Waals surface area contributed by atoms with Crippen molar-refractivity contribution in [2.45, 2.75) is 34.6 Å². The van der Waals surface area contributed by atoms with Crippen LogP contribution in [-0.2, 0) is 9.59 Å². The SMILES string of the molecule is Cc1cc(C)cc(NC(=O)C(=O)C(C)(C)C)c1. The second kappa shape index (κ2) is 4.70. The van der Waals surface area contributed by atoms with E-state index in [2.05, 4.69) is 5.32 Å². The van der Waals surface area contributed by atoms with Gasteiger partial charge in [-0.3, -0.25) is 9.59 Å². The molecule has 0 aliphatic rings. The number of Topliss-reactive ketones (excluding diaryl/α,β-unsaturated/α-hetero) is 1. The number of benzene rings is 1. The van der Waals surface area contributed by atoms with Crippen molar-refractivity contribution in [1.29, 1.82) is 0 Å². The van der Waals surface area contributed by atoms with Crippen LogP contribution in [0.3, 0.4) is 0 Å². The monoisotopic (exact) mass is 233 g/mol. The summed E-state index contributed by atoms with van der Waals surface area (Å²) in [7, 11) is 0. The Morgan fingerprint density at radius 3 is 1.88 bits per heavy atom. The Kier molecular flexibility index (Phi) is 3.71. The normalized spacial score (nSPS) is 11.1. The summed E-state index contributed by atoms with van der Waals surface area (Å²) in [6, 6.07) is 5.71. The maximum absolute atomic E-state index is 11.7. The molecule has 1 amide bonds. The molecular weight excluding hydrogens is 214 g/mol. The van der Waals surface area contributed by atoms with Gasteiger partial charge in [-0.15, -0.1) is 0 Å². The zero-order valence-corrected chi connectivity index (χ0v) is 11.0. The molecule has 1 N–H and O–H groups in total. The number of carbonyl (C=O) groups excluding carboxylic acids is 2. The molecule has 1 rings (SSSR count). The maximum Gasteiger partial charge on any atom is 0.292 e. The summed E-state index contributed by atoms with van der Waals surface area (Å²) in [4.78, 5) is 23.4. The van der Waals surface area contributed by atoms with Crippen LogP contribution in [0.4, 0.5) is 5.69 Å². The van der Waals surface area contributed by atoms with E-state index in [0.29, 0.717) is 5.69 Å². The minimum absolute atomic E-state index is 0.406. The van der Waals surface area contributed by atoms with Gasteiger partial charge in [0.15, 0.2) is 0 Å². The molecule has 0 spiro atoms. The summed E-state index contributed by atoms with van der Waals surface area (Å²) in [5, 5.41) is 2.64. The van der Waals surface area contributed by atoms with E-state index in [4.69, 9.17) is 0 Å². The first kappa shape index (κ1) is 13.4. The summed E-state index contributed by atoms with van der Waals surface area (Å²) in [5.74, 6) is -0.959. The van der Waals surface area contributed by atoms with Gasteiger partial charge in [0.1, 0.15) is 0 Å². The maximum atomic E-state index is 11.7. The number of carbonyl (C=O) groups is 2. The van der Waals surface area contributed by atoms with Gasteiger partial charge < -0.3 is 5.32 Å². The van der Waals surface area contributed by atoms with E-state index < -0.39 is 17.1 Å². The van der Waals surface area contributed by atoms with Gasteiger partial charge >= 0.3 is 0 Å². The van der Waals surface area contributed by atoms with Crippen LogP contribution in [0.5, 0.6) is 0 Å². The summed E-state index contributed by atoms with van der Waals surface area (Å²) >= 11 is 0. The summed E-state index contributed by atoms with van der Waals surface area (Å²) in [6.45, 7) is 9.10. The molecule has 0 unspecified atom stereocenters. The van der Waals surface area contributed by atoms with Crippen molar-refractivity contribution >= 4 is 17.4 Å². The molecule has 0 bridgehead atoms. The first-order chi connectivity index (χ1) is 7.70. The molecule has 0 saturated heterocycles. The summed E-state index contributed by atoms with van der Waals surface area (Å²) in [6.07, 6.45) is 0. The Labute approximate surface area is 102 Å². The number of rotatable bonds is 2. The average molecular weight is 233 g/mol. The van der Waals surface area contributed by atoms with Crippen molar-refractivity contribution in [3.05, 3.63) is 29.3 Å². The number of amides is 1. The molecular formula is C14H19NO2. The van der Waals surface area contributed by atoms with Crippen molar-refractivity contribution in [3.8, 4) is 0 Å². The van der Waals surface area contributed by atoms with Crippen molar-refractivity contribution < 1.29 is 9.59 Å². The smallest absolute Gasteiger partial charge is 0.292 e. The number of hydrogen-bond donors (Lipinski definition) is 1. The molecule has 92 valence electrons. The first-order valence-electron chi connectivity index (χ1n) is 5.64. The summed E-state index contributed by atoms with van der Waals surface area (Å²) < 4.78 is 0. The lowest BCUT2D eigenvalue weighted by molar-refractivity contribution is -0.139. The highest BCUT2D eigenvalue weighted by Crippen LogP contribution is 2.18. The first-order valence-corrected chi connectivity index (χ1v) is 5.64. The van der Waals surface area contributed by atoms with Crippen molar-refractivity contribution in [3.63, 3.8) is 0 Å². The van der Waals surface area contributed by atoms with Crippen LogP contribution >= 0.6 is 0 Å². The number of ketones is 1. The zero-order valence-electron chi connectivity index (χ0n) is 11.0. The minimum atomic E-state index is -0.650. The van der Waals surface area contributed by atoms with Gasteiger partial charge in [0.2, 0.25) is 5.78 Å². The number of hydrogen-bond acceptors (Lipinski definition) is 2. The fraction of sp³-hybridized carbons (Fsp3) is 0.429. The largest absolute Gasteiger partial charge is 0.319 e. The van der Waals surface area contributed by atoms with Crippen LogP contribution < -0.4 is 5.32 Å². The molecule has 0 fully saturated rings. The second-order valence-corrected chi connectivity index (χ2v) is 5.41. The van der Waals surface area contributed by atoms with Crippen molar-refractivity contribution in [2.24, 2.45) is 5.41 Å². The molecule has 0 aromatic heterocycles. The lowest BCUT2D eigenvalue weighted by atomic mass is 9.90. The van der Waals surface area contributed by atoms with Crippen LogP contribution in [0.1, 0.15) is 31.9 Å². The van der Waals surface area contributed by atoms with E-state index in [9.17, 15) is 9.59 Å². The molecule has 3 nitrogen and oxygen atoms in total. The van der Waals surface area contributed by atoms with E-state index in [1.165, 1.54) is 0 Å². The third-order valence-electron chi connectivity index (χ3n) is 2.37. The van der Waals surface area contributed by atoms with Crippen LogP contribution in [0.15, 0.2) is 18.2 Å². The molecule has 0 atom stereocenters. The third kappa shape index (κ3) is 3.70. The van der Waals surface area contributed by atoms with Crippen LogP contribution in [0, 0.1) is 19.3 Å². The molecule has 0 aliphatic carbocycles. The molecule has 1 aromatic carbocycles. The molecule has 1 aromatic rings. The lowest BCUT2D eigenvalue weighted by Crippen LogP contribution is -2.33. The molecule has 0 radical (unpaired) electrons. The number of anilines is 1. The minimum Gasteiger partial charge on any atom is -0.319 e. The Hall–Kier alpha value is -1.64. The van der Waals surface area contributed by atoms with Gasteiger partial charge in [0.05, 0.1) is 0 Å². The Bertz CT molecular complexity index is 436. The van der Waals surface area contributed by atoms with Gasteiger partial charge in [0.25, 0.3) is 5.91 Å². The molecule has 3 heteroatoms. The van der Waals surface area contributed by atoms with Crippen LogP contribution in [-0.4, -0.2) is 11.7 Å². The topological polar surface area (TPSA) is 46.2 Å². The highest BCUT2D eigenvalue weighted by atomic mass is 16.2. The molecule has 0 heterocycles. The van der Waals surface area contributed by atoms with Gasteiger partial charge in [-0.25, -0.2) is 0 Å². The number of nitrogens with one attached hydrogen (secondary N) is 1. The van der Waals surface area contributed by atoms with E-state index in [1.54, 1.807) is 20.8 Å². The van der Waals surface area contributed by atoms with E-state index >= 15 is 0 Å². The molecule has 17 heavy (non-hydrogen) atoms. The lowest BCUT2D eigenvalue weighted by Gasteiger charge is -2.16. The predicted octanol–water partition coefficient (Wildman–Crippen LogP) is 2.86. The predicted molar refractivity (Wildman–Crippen MR) is 69.0 cm³/mol. The molecule has 0 saturated carbocycles. The quantitative estimate of drug-likeness (QED) is 0.798. The van der Waals surface area contributed by atoms with Crippen LogP contribution in [0.25, 0.3) is 0 Å². The van der Waals surface area contributed by atoms with E-state index in [-0.39, 0.29) is 0 Å². The molecule has 0 aliphatic heterocycles. The Balaban J connectivity index is 2.85. The van der Waals surface area contributed by atoms with Gasteiger partial charge in [0, 0.05) is 11.1 Å². The second-order valence-electron chi connectivity index (χ2n) is 5.41.